The first-order valence-electron chi connectivity index (χ1n) is 9.90. The molecule has 2 unspecified atom stereocenters. The van der Waals surface area contributed by atoms with E-state index in [-0.39, 0.29) is 0 Å². The van der Waals surface area contributed by atoms with Gasteiger partial charge in [0.2, 0.25) is 0 Å². The molecule has 1 aliphatic carbocycles. The van der Waals surface area contributed by atoms with Crippen LogP contribution >= 0.6 is 0 Å². The number of nitrogens with zero attached hydrogens (tertiary/aromatic N) is 4. The van der Waals surface area contributed by atoms with Crippen LogP contribution in [0.3, 0.4) is 0 Å². The van der Waals surface area contributed by atoms with Gasteiger partial charge in [-0.3, -0.25) is 9.67 Å². The van der Waals surface area contributed by atoms with Crippen molar-refractivity contribution < 1.29 is 9.84 Å². The minimum atomic E-state index is -0.531. The molecule has 1 aromatic rings. The maximum absolute atomic E-state index is 10.1. The Labute approximate surface area is 156 Å². The molecule has 2 atom stereocenters. The zero-order valence-corrected chi connectivity index (χ0v) is 16.1. The second-order valence-corrected chi connectivity index (χ2v) is 7.66. The van der Waals surface area contributed by atoms with Gasteiger partial charge in [-0.05, 0) is 50.0 Å². The number of likely N-dealkylation sites (tertiary alicyclic amines) is 1. The van der Waals surface area contributed by atoms with Crippen LogP contribution in [0.15, 0.2) is 17.4 Å². The molecule has 2 aliphatic rings. The number of hydrogen-bond acceptors (Lipinski definition) is 4. The summed E-state index contributed by atoms with van der Waals surface area (Å²) in [4.78, 5) is 6.95. The first-order valence-corrected chi connectivity index (χ1v) is 9.90. The van der Waals surface area contributed by atoms with Gasteiger partial charge < -0.3 is 20.1 Å². The van der Waals surface area contributed by atoms with Gasteiger partial charge in [-0.1, -0.05) is 0 Å². The molecule has 3 rings (SSSR count). The topological polar surface area (TPSA) is 74.9 Å². The van der Waals surface area contributed by atoms with Crippen LogP contribution in [0.25, 0.3) is 0 Å². The molecule has 7 nitrogen and oxygen atoms in total. The average molecular weight is 364 g/mol. The van der Waals surface area contributed by atoms with Crippen molar-refractivity contribution in [1.82, 2.24) is 20.0 Å². The van der Waals surface area contributed by atoms with Gasteiger partial charge in [0, 0.05) is 39.5 Å². The molecule has 0 spiro atoms. The van der Waals surface area contributed by atoms with Crippen LogP contribution < -0.4 is 5.32 Å². The lowest BCUT2D eigenvalue weighted by molar-refractivity contribution is 0.0367. The number of aliphatic hydroxyl groups is 1. The molecular formula is C19H33N5O2. The van der Waals surface area contributed by atoms with Crippen molar-refractivity contribution >= 4 is 5.96 Å². The lowest BCUT2D eigenvalue weighted by Gasteiger charge is -2.22. The van der Waals surface area contributed by atoms with Crippen LogP contribution in [0, 0.1) is 11.8 Å². The van der Waals surface area contributed by atoms with Crippen LogP contribution in [0.4, 0.5) is 0 Å². The molecule has 0 bridgehead atoms. The van der Waals surface area contributed by atoms with Crippen molar-refractivity contribution in [2.24, 2.45) is 23.9 Å². The van der Waals surface area contributed by atoms with Gasteiger partial charge in [-0.25, -0.2) is 0 Å². The second kappa shape index (κ2) is 9.37. The SMILES string of the molecule is CCNC(=NCC(O)COCC1CC1)N1CCC(Cc2cnn(C)c2)C1. The zero-order chi connectivity index (χ0) is 18.4. The van der Waals surface area contributed by atoms with Crippen LogP contribution in [0.5, 0.6) is 0 Å². The first kappa shape index (κ1) is 19.2. The highest BCUT2D eigenvalue weighted by Crippen LogP contribution is 2.28. The van der Waals surface area contributed by atoms with E-state index in [4.69, 9.17) is 4.74 Å². The van der Waals surface area contributed by atoms with Gasteiger partial charge in [0.15, 0.2) is 5.96 Å². The van der Waals surface area contributed by atoms with E-state index in [1.807, 2.05) is 17.9 Å². The van der Waals surface area contributed by atoms with E-state index in [0.29, 0.717) is 19.1 Å². The highest BCUT2D eigenvalue weighted by Gasteiger charge is 2.25. The number of guanidine groups is 1. The zero-order valence-electron chi connectivity index (χ0n) is 16.1. The van der Waals surface area contributed by atoms with Gasteiger partial charge in [0.1, 0.15) is 0 Å². The van der Waals surface area contributed by atoms with Crippen molar-refractivity contribution in [3.63, 3.8) is 0 Å². The highest BCUT2D eigenvalue weighted by molar-refractivity contribution is 5.80. The molecule has 2 fully saturated rings. The first-order chi connectivity index (χ1) is 12.6. The van der Waals surface area contributed by atoms with Gasteiger partial charge in [-0.2, -0.15) is 5.10 Å². The predicted octanol–water partition coefficient (Wildman–Crippen LogP) is 1.04. The Morgan fingerprint density at radius 1 is 1.42 bits per heavy atom. The summed E-state index contributed by atoms with van der Waals surface area (Å²) in [6, 6.07) is 0. The van der Waals surface area contributed by atoms with E-state index in [1.165, 1.54) is 18.4 Å². The van der Waals surface area contributed by atoms with Gasteiger partial charge >= 0.3 is 0 Å². The lowest BCUT2D eigenvalue weighted by atomic mass is 10.0. The number of ether oxygens (including phenoxy) is 1. The number of aliphatic hydroxyl groups excluding tert-OH is 1. The maximum atomic E-state index is 10.1. The molecule has 2 heterocycles. The minimum Gasteiger partial charge on any atom is -0.389 e. The van der Waals surface area contributed by atoms with Crippen LogP contribution in [-0.4, -0.2) is 71.2 Å². The number of aliphatic imine (C=N–C) groups is 1. The fraction of sp³-hybridized carbons (Fsp3) is 0.789. The third-order valence-electron chi connectivity index (χ3n) is 5.02. The third kappa shape index (κ3) is 5.99. The normalized spacial score (nSPS) is 22.0. The Bertz CT molecular complexity index is 584. The fourth-order valence-corrected chi connectivity index (χ4v) is 3.43. The van der Waals surface area contributed by atoms with Gasteiger partial charge in [0.05, 0.1) is 25.5 Å². The lowest BCUT2D eigenvalue weighted by Crippen LogP contribution is -2.41. The van der Waals surface area contributed by atoms with E-state index in [9.17, 15) is 5.11 Å². The molecule has 1 aliphatic heterocycles. The quantitative estimate of drug-likeness (QED) is 0.506. The highest BCUT2D eigenvalue weighted by atomic mass is 16.5. The van der Waals surface area contributed by atoms with Crippen LogP contribution in [0.1, 0.15) is 31.7 Å². The summed E-state index contributed by atoms with van der Waals surface area (Å²) in [5.74, 6) is 2.25. The summed E-state index contributed by atoms with van der Waals surface area (Å²) in [7, 11) is 1.96. The van der Waals surface area contributed by atoms with E-state index in [1.54, 1.807) is 0 Å². The van der Waals surface area contributed by atoms with E-state index in [0.717, 1.165) is 51.0 Å². The largest absolute Gasteiger partial charge is 0.389 e. The van der Waals surface area contributed by atoms with Gasteiger partial charge in [0.25, 0.3) is 0 Å². The Hall–Kier alpha value is -1.60. The molecule has 2 N–H and O–H groups in total. The third-order valence-corrected chi connectivity index (χ3v) is 5.02. The van der Waals surface area contributed by atoms with Crippen LogP contribution in [0.2, 0.25) is 0 Å². The smallest absolute Gasteiger partial charge is 0.194 e. The van der Waals surface area contributed by atoms with Crippen molar-refractivity contribution in [1.29, 1.82) is 0 Å². The Morgan fingerprint density at radius 2 is 2.27 bits per heavy atom. The minimum absolute atomic E-state index is 0.378. The second-order valence-electron chi connectivity index (χ2n) is 7.66. The maximum Gasteiger partial charge on any atom is 0.194 e. The molecular weight excluding hydrogens is 330 g/mol. The number of rotatable bonds is 9. The summed E-state index contributed by atoms with van der Waals surface area (Å²) in [6.45, 7) is 6.45. The number of aryl methyl sites for hydroxylation is 1. The molecule has 26 heavy (non-hydrogen) atoms. The molecule has 1 saturated heterocycles. The monoisotopic (exact) mass is 363 g/mol. The van der Waals surface area contributed by atoms with Gasteiger partial charge in [-0.15, -0.1) is 0 Å². The number of nitrogens with one attached hydrogen (secondary N) is 1. The molecule has 1 saturated carbocycles. The Morgan fingerprint density at radius 3 is 2.96 bits per heavy atom. The summed E-state index contributed by atoms with van der Waals surface area (Å²) in [6.07, 6.45) is 8.28. The molecule has 0 amide bonds. The predicted molar refractivity (Wildman–Crippen MR) is 102 cm³/mol. The summed E-state index contributed by atoms with van der Waals surface area (Å²) in [5.41, 5.74) is 1.30. The number of hydrogen-bond donors (Lipinski definition) is 2. The van der Waals surface area contributed by atoms with Crippen molar-refractivity contribution in [2.45, 2.75) is 38.7 Å². The van der Waals surface area contributed by atoms with Crippen molar-refractivity contribution in [3.8, 4) is 0 Å². The molecule has 0 radical (unpaired) electrons. The standard InChI is InChI=1S/C19H33N5O2/c1-3-20-19(21-10-18(25)14-26-13-15-4-5-15)24-7-6-16(12-24)8-17-9-22-23(2)11-17/h9,11,15-16,18,25H,3-8,10,12-14H2,1-2H3,(H,20,21). The van der Waals surface area contributed by atoms with Crippen LogP contribution in [-0.2, 0) is 18.2 Å². The molecule has 1 aromatic heterocycles. The molecule has 0 aromatic carbocycles. The summed E-state index contributed by atoms with van der Waals surface area (Å²) < 4.78 is 7.42. The summed E-state index contributed by atoms with van der Waals surface area (Å²) >= 11 is 0. The molecule has 146 valence electrons. The fourth-order valence-electron chi connectivity index (χ4n) is 3.43. The van der Waals surface area contributed by atoms with E-state index < -0.39 is 6.10 Å². The average Bonchev–Trinajstić information content (AvgIpc) is 3.17. The Kier molecular flexibility index (Phi) is 6.91. The van der Waals surface area contributed by atoms with Crippen molar-refractivity contribution in [3.05, 3.63) is 18.0 Å². The van der Waals surface area contributed by atoms with Crippen molar-refractivity contribution in [2.75, 3.05) is 39.4 Å². The van der Waals surface area contributed by atoms with E-state index in [2.05, 4.69) is 33.4 Å². The molecule has 7 heteroatoms. The Balaban J connectivity index is 1.45. The number of aromatic nitrogens is 2. The van der Waals surface area contributed by atoms with E-state index >= 15 is 0 Å². The summed E-state index contributed by atoms with van der Waals surface area (Å²) in [5, 5.41) is 17.7.